The van der Waals surface area contributed by atoms with Crippen molar-refractivity contribution < 1.29 is 96.2 Å². The molecule has 10 rings (SSSR count). The lowest BCUT2D eigenvalue weighted by atomic mass is 10.1. The van der Waals surface area contributed by atoms with Gasteiger partial charge in [-0.3, -0.25) is 40.9 Å². The van der Waals surface area contributed by atoms with Gasteiger partial charge in [0.15, 0.2) is 32.5 Å². The summed E-state index contributed by atoms with van der Waals surface area (Å²) in [5, 5.41) is 73.2. The van der Waals surface area contributed by atoms with E-state index in [4.69, 9.17) is 53.6 Å². The summed E-state index contributed by atoms with van der Waals surface area (Å²) in [7, 11) is -21.1. The van der Waals surface area contributed by atoms with Crippen LogP contribution in [0.3, 0.4) is 0 Å². The molecule has 125 heavy (non-hydrogen) atoms. The molecule has 0 radical (unpaired) electrons. The number of hydrogen-bond acceptors (Lipinski definition) is 29. The molecule has 0 saturated carbocycles. The van der Waals surface area contributed by atoms with Crippen LogP contribution in [0.15, 0.2) is 218 Å². The van der Waals surface area contributed by atoms with E-state index in [0.717, 1.165) is 94.7 Å². The fourth-order valence-corrected chi connectivity index (χ4v) is 17.0. The maximum atomic E-state index is 13.7. The lowest BCUT2D eigenvalue weighted by molar-refractivity contribution is -0.132. The fourth-order valence-electron chi connectivity index (χ4n) is 11.1. The second kappa shape index (κ2) is 42.5. The zero-order valence-corrected chi connectivity index (χ0v) is 75.9. The second-order valence-corrected chi connectivity index (χ2v) is 36.0. The lowest BCUT2D eigenvalue weighted by Gasteiger charge is -2.20. The van der Waals surface area contributed by atoms with Gasteiger partial charge in [-0.1, -0.05) is 109 Å². The SMILES string of the molecule is O=C(N/N=C\c1cc(Br)c(O)c(Br)c1O)C(Nc1ccc2ccccc2c1)C(=O)NNC(=S)Nc1ccc(/C=C/c2ccc(NC(=S)NCCOCCNC(=S)Nc3ccc(/C=C/c4ccc(NC(=S)NNC(=O)C(Nc5ccc6ccccc6c5)C(=O)N/N=C\c5cc(Br)c(O)c(Br)c5O)cc4S(=O)(=O)[O-])c(S(=O)(=O)[O-])c3)cc2S(=O)(=O)[O-])c(S(=O)(=O)[O-])c1. The average molecular weight is 2110 g/mol. The molecule has 0 bridgehead atoms. The second-order valence-electron chi connectivity index (χ2n) is 25.7. The van der Waals surface area contributed by atoms with Crippen molar-refractivity contribution >= 4 is 290 Å². The highest BCUT2D eigenvalue weighted by atomic mass is 79.9. The first-order valence-electron chi connectivity index (χ1n) is 35.2. The number of phenolic OH excluding ortho intramolecular Hbond substituents is 4. The van der Waals surface area contributed by atoms with Gasteiger partial charge in [-0.15, -0.1) is 0 Å². The summed E-state index contributed by atoms with van der Waals surface area (Å²) in [5.41, 5.74) is 13.4. The normalized spacial score (nSPS) is 12.3. The number of amides is 4. The minimum Gasteiger partial charge on any atom is -0.744 e. The summed E-state index contributed by atoms with van der Waals surface area (Å²) in [6, 6.07) is 37.4. The Morgan fingerprint density at radius 3 is 0.976 bits per heavy atom. The minimum absolute atomic E-state index is 0.0220. The molecule has 0 heterocycles. The van der Waals surface area contributed by atoms with Crippen molar-refractivity contribution in [3.63, 3.8) is 0 Å². The van der Waals surface area contributed by atoms with Crippen LogP contribution < -0.4 is 75.1 Å². The number of rotatable bonds is 30. The zero-order chi connectivity index (χ0) is 90.8. The van der Waals surface area contributed by atoms with Gasteiger partial charge < -0.3 is 85.9 Å². The third-order valence-corrected chi connectivity index (χ3v) is 24.2. The number of hydrazine groups is 2. The number of aromatic hydroxyl groups is 4. The number of thiocarbonyl (C=S) groups is 4. The molecule has 0 aliphatic carbocycles. The number of nitrogens with zero attached hydrogens (tertiary/aromatic N) is 2. The summed E-state index contributed by atoms with van der Waals surface area (Å²) < 4.78 is 157. The first-order chi connectivity index (χ1) is 59.1. The molecule has 18 N–H and O–H groups in total. The first kappa shape index (κ1) is 95.7. The standard InChI is InChI=1S/C76H66Br4N16O21S8/c77-55-31-47(65(97)61(79)67(55)99)37-83-91-69(101)63(85-49-19-13-39-5-1-3-7-45(39)29-49)71(103)93-95-75(120)89-53-23-17-43(59(35-53)124(111,112)113)11-9-41-15-21-51(33-57(41)122(105,106)107)87-73(118)81-25-27-117-28-26-82-74(119)88-52-22-16-42(58(34-52)123(108,109)110)10-12-44-18-24-54(36-60(44)125(114,115)116)90-76(121)96-94-72(104)64(86-50-20-14-40-6-2-4-8-46(40)30-50)70(102)92-84-38-48-32-56(78)68(100)62(80)66(48)98/h1-24,29-38,63-64,85-86,97-100H,25-28H2,(H,91,101)(H,92,102)(H,93,103)(H,94,104)(H2,81,87,118)(H2,82,88,119)(H2,89,95,120)(H2,90,96,121)(H,105,106,107)(H,108,109,110)(H,111,112,113)(H,114,115,116)/p-4/b11-9+,12-10+,83-37-,84-38-. The Balaban J connectivity index is 0.679. The number of carbonyl (C=O) groups excluding carboxylic acids is 4. The van der Waals surface area contributed by atoms with Gasteiger partial charge in [-0.25, -0.2) is 44.5 Å². The molecule has 10 aromatic carbocycles. The molecule has 10 aromatic rings. The minimum atomic E-state index is -5.30. The topological polar surface area (TPSA) is 580 Å². The number of carbonyl (C=O) groups is 4. The fraction of sp³-hybridized carbons (Fsp3) is 0.0789. The Morgan fingerprint density at radius 2 is 0.664 bits per heavy atom. The number of fused-ring (bicyclic) bond motifs is 2. The van der Waals surface area contributed by atoms with E-state index in [9.17, 15) is 91.5 Å². The van der Waals surface area contributed by atoms with E-state index < -0.39 is 107 Å². The molecule has 0 aliphatic rings. The molecule has 2 unspecified atom stereocenters. The first-order valence-corrected chi connectivity index (χ1v) is 45.7. The van der Waals surface area contributed by atoms with Crippen molar-refractivity contribution in [2.75, 3.05) is 58.2 Å². The van der Waals surface area contributed by atoms with Crippen LogP contribution in [-0.4, -0.2) is 167 Å². The van der Waals surface area contributed by atoms with Crippen LogP contribution in [0.1, 0.15) is 33.4 Å². The van der Waals surface area contributed by atoms with Gasteiger partial charge in [-0.05, 0) is 241 Å². The van der Waals surface area contributed by atoms with Crippen LogP contribution in [0.25, 0.3) is 45.8 Å². The van der Waals surface area contributed by atoms with Gasteiger partial charge in [0.25, 0.3) is 23.6 Å². The summed E-state index contributed by atoms with van der Waals surface area (Å²) >= 11 is 33.7. The van der Waals surface area contributed by atoms with Crippen LogP contribution >= 0.6 is 113 Å². The van der Waals surface area contributed by atoms with Gasteiger partial charge >= 0.3 is 0 Å². The van der Waals surface area contributed by atoms with Gasteiger partial charge in [0.05, 0.1) is 54.2 Å². The average Bonchev–Trinajstić information content (AvgIpc) is 0.807. The van der Waals surface area contributed by atoms with E-state index in [0.29, 0.717) is 11.4 Å². The van der Waals surface area contributed by atoms with Crippen molar-refractivity contribution in [1.82, 2.24) is 43.2 Å². The molecule has 4 amide bonds. The Bertz CT molecular complexity index is 6210. The van der Waals surface area contributed by atoms with Crippen molar-refractivity contribution in [2.24, 2.45) is 10.2 Å². The van der Waals surface area contributed by atoms with Gasteiger partial charge in [0.1, 0.15) is 72.4 Å². The van der Waals surface area contributed by atoms with E-state index in [-0.39, 0.29) is 132 Å². The highest BCUT2D eigenvalue weighted by Crippen LogP contribution is 2.42. The maximum Gasteiger partial charge on any atom is 0.272 e. The van der Waals surface area contributed by atoms with Crippen LogP contribution in [0.5, 0.6) is 23.0 Å². The Morgan fingerprint density at radius 1 is 0.368 bits per heavy atom. The zero-order valence-electron chi connectivity index (χ0n) is 63.0. The van der Waals surface area contributed by atoms with E-state index in [1.165, 1.54) is 48.5 Å². The van der Waals surface area contributed by atoms with Crippen LogP contribution in [-0.2, 0) is 64.4 Å². The molecular formula is C76H62Br4N16O21S8-4. The summed E-state index contributed by atoms with van der Waals surface area (Å²) in [6.07, 6.45) is 6.38. The molecule has 0 fully saturated rings. The van der Waals surface area contributed by atoms with Crippen LogP contribution in [0.2, 0.25) is 0 Å². The summed E-state index contributed by atoms with van der Waals surface area (Å²) in [5.74, 6) is -5.50. The number of hydrazone groups is 2. The molecular weight excluding hydrogens is 2050 g/mol. The monoisotopic (exact) mass is 2110 g/mol. The smallest absolute Gasteiger partial charge is 0.272 e. The molecule has 37 nitrogen and oxygen atoms in total. The van der Waals surface area contributed by atoms with Crippen LogP contribution in [0.4, 0.5) is 34.1 Å². The van der Waals surface area contributed by atoms with Crippen molar-refractivity contribution in [3.8, 4) is 23.0 Å². The summed E-state index contributed by atoms with van der Waals surface area (Å²) in [6.45, 7) is 0.208. The van der Waals surface area contributed by atoms with Crippen molar-refractivity contribution in [3.05, 3.63) is 221 Å². The largest absolute Gasteiger partial charge is 0.744 e. The highest BCUT2D eigenvalue weighted by Gasteiger charge is 2.30. The highest BCUT2D eigenvalue weighted by molar-refractivity contribution is 9.11. The van der Waals surface area contributed by atoms with E-state index in [1.54, 1.807) is 60.7 Å². The van der Waals surface area contributed by atoms with E-state index in [1.807, 2.05) is 24.3 Å². The Kier molecular flexibility index (Phi) is 32.5. The van der Waals surface area contributed by atoms with Gasteiger partial charge in [0.2, 0.25) is 0 Å². The van der Waals surface area contributed by atoms with Crippen LogP contribution in [0, 0.1) is 0 Å². The number of nitrogens with one attached hydrogen (secondary N) is 14. The van der Waals surface area contributed by atoms with Gasteiger partial charge in [0, 0.05) is 58.3 Å². The van der Waals surface area contributed by atoms with E-state index >= 15 is 0 Å². The Labute approximate surface area is 766 Å². The molecule has 652 valence electrons. The molecule has 2 atom stereocenters. The maximum absolute atomic E-state index is 13.7. The number of phenols is 4. The summed E-state index contributed by atoms with van der Waals surface area (Å²) in [4.78, 5) is 51.4. The molecule has 49 heteroatoms. The molecule has 0 spiro atoms. The molecule has 0 saturated heterocycles. The number of hydrogen-bond donors (Lipinski definition) is 18. The Hall–Kier alpha value is -11.5. The lowest BCUT2D eigenvalue weighted by Crippen LogP contribution is -2.54. The predicted octanol–water partition coefficient (Wildman–Crippen LogP) is 9.01. The quantitative estimate of drug-likeness (QED) is 0.00379. The third kappa shape index (κ3) is 26.8. The van der Waals surface area contributed by atoms with Crippen molar-refractivity contribution in [1.29, 1.82) is 0 Å². The van der Waals surface area contributed by atoms with Gasteiger partial charge in [-0.2, -0.15) is 10.2 Å². The number of ether oxygens (including phenoxy) is 1. The van der Waals surface area contributed by atoms with Crippen molar-refractivity contribution in [2.45, 2.75) is 31.7 Å². The van der Waals surface area contributed by atoms with E-state index in [2.05, 4.69) is 149 Å². The number of anilines is 6. The predicted molar refractivity (Wildman–Crippen MR) is 494 cm³/mol. The molecule has 0 aliphatic heterocycles. The number of benzene rings is 10. The third-order valence-electron chi connectivity index (χ3n) is 17.0. The molecule has 0 aromatic heterocycles. The number of halogens is 4.